The zero-order valence-corrected chi connectivity index (χ0v) is 20.4. The lowest BCUT2D eigenvalue weighted by atomic mass is 10.2. The van der Waals surface area contributed by atoms with Crippen LogP contribution in [0.2, 0.25) is 0 Å². The van der Waals surface area contributed by atoms with Gasteiger partial charge in [-0.1, -0.05) is 25.1 Å². The molecular weight excluding hydrogens is 480 g/mol. The normalized spacial score (nSPS) is 10.0. The molecule has 0 aliphatic heterocycles. The number of carbonyl (C=O) groups excluding carboxylic acids is 3. The average Bonchev–Trinajstić information content (AvgIpc) is 2.91. The standard InChI is InChI=1S/C26H26N4O5S/c1-2-23(31)27-20-12-8-19(9-13-20)25(33)29-30-26(36)28-24(32)18-10-14-22(15-11-18)35-17-16-34-21-6-4-3-5-7-21/h3-15H,2,16-17H2,1H3,(H,27,31)(H,29,33)(H2,28,30,32,36). The van der Waals surface area contributed by atoms with Crippen molar-refractivity contribution in [3.05, 3.63) is 90.0 Å². The molecule has 0 heterocycles. The molecule has 0 saturated carbocycles. The molecule has 3 aromatic carbocycles. The van der Waals surface area contributed by atoms with E-state index in [9.17, 15) is 14.4 Å². The quantitative estimate of drug-likeness (QED) is 0.200. The Morgan fingerprint density at radius 1 is 0.722 bits per heavy atom. The van der Waals surface area contributed by atoms with Gasteiger partial charge in [0, 0.05) is 23.2 Å². The molecule has 0 bridgehead atoms. The molecule has 0 saturated heterocycles. The lowest BCUT2D eigenvalue weighted by Crippen LogP contribution is -2.48. The predicted molar refractivity (Wildman–Crippen MR) is 140 cm³/mol. The van der Waals surface area contributed by atoms with Crippen LogP contribution < -0.4 is 31.0 Å². The lowest BCUT2D eigenvalue weighted by molar-refractivity contribution is -0.115. The second-order valence-electron chi connectivity index (χ2n) is 7.38. The first-order valence-corrected chi connectivity index (χ1v) is 11.6. The van der Waals surface area contributed by atoms with E-state index in [-0.39, 0.29) is 11.0 Å². The van der Waals surface area contributed by atoms with Crippen molar-refractivity contribution in [3.8, 4) is 11.5 Å². The summed E-state index contributed by atoms with van der Waals surface area (Å²) in [5, 5.41) is 5.12. The number of hydrogen-bond donors (Lipinski definition) is 4. The van der Waals surface area contributed by atoms with Crippen LogP contribution in [0, 0.1) is 0 Å². The van der Waals surface area contributed by atoms with Crippen LogP contribution in [0.1, 0.15) is 34.1 Å². The molecule has 9 nitrogen and oxygen atoms in total. The van der Waals surface area contributed by atoms with Crippen molar-refractivity contribution < 1.29 is 23.9 Å². The van der Waals surface area contributed by atoms with E-state index < -0.39 is 11.8 Å². The third kappa shape index (κ3) is 8.41. The molecule has 36 heavy (non-hydrogen) atoms. The Balaban J connectivity index is 1.38. The maximum absolute atomic E-state index is 12.4. The summed E-state index contributed by atoms with van der Waals surface area (Å²) in [6.45, 7) is 2.49. The molecule has 0 spiro atoms. The SMILES string of the molecule is CCC(=O)Nc1ccc(C(=O)NNC(=S)NC(=O)c2ccc(OCCOc3ccccc3)cc2)cc1. The summed E-state index contributed by atoms with van der Waals surface area (Å²) in [5.74, 6) is 0.334. The molecule has 3 amide bonds. The fraction of sp³-hybridized carbons (Fsp3) is 0.154. The second kappa shape index (κ2) is 13.4. The summed E-state index contributed by atoms with van der Waals surface area (Å²) in [7, 11) is 0. The van der Waals surface area contributed by atoms with E-state index in [4.69, 9.17) is 21.7 Å². The number of para-hydroxylation sites is 1. The first-order valence-electron chi connectivity index (χ1n) is 11.2. The van der Waals surface area contributed by atoms with Crippen LogP contribution in [0.4, 0.5) is 5.69 Å². The minimum atomic E-state index is -0.460. The molecule has 0 aliphatic carbocycles. The minimum absolute atomic E-state index is 0.0708. The number of rotatable bonds is 9. The van der Waals surface area contributed by atoms with Gasteiger partial charge in [-0.25, -0.2) is 0 Å². The van der Waals surface area contributed by atoms with E-state index in [0.717, 1.165) is 5.75 Å². The van der Waals surface area contributed by atoms with Crippen molar-refractivity contribution in [2.24, 2.45) is 0 Å². The van der Waals surface area contributed by atoms with E-state index >= 15 is 0 Å². The van der Waals surface area contributed by atoms with E-state index in [1.807, 2.05) is 30.3 Å². The summed E-state index contributed by atoms with van der Waals surface area (Å²) in [5.41, 5.74) is 6.20. The van der Waals surface area contributed by atoms with E-state index in [1.54, 1.807) is 55.5 Å². The maximum Gasteiger partial charge on any atom is 0.269 e. The Hall–Kier alpha value is -4.44. The van der Waals surface area contributed by atoms with Crippen LogP contribution in [-0.4, -0.2) is 36.0 Å². The van der Waals surface area contributed by atoms with Crippen molar-refractivity contribution in [1.82, 2.24) is 16.2 Å². The zero-order valence-electron chi connectivity index (χ0n) is 19.6. The van der Waals surface area contributed by atoms with Gasteiger partial charge in [0.1, 0.15) is 24.7 Å². The summed E-state index contributed by atoms with van der Waals surface area (Å²) in [6, 6.07) is 22.3. The van der Waals surface area contributed by atoms with Crippen LogP contribution in [0.25, 0.3) is 0 Å². The summed E-state index contributed by atoms with van der Waals surface area (Å²) in [4.78, 5) is 36.1. The molecule has 0 fully saturated rings. The fourth-order valence-electron chi connectivity index (χ4n) is 2.88. The number of benzene rings is 3. The number of nitrogens with one attached hydrogen (secondary N) is 4. The lowest BCUT2D eigenvalue weighted by Gasteiger charge is -2.12. The second-order valence-corrected chi connectivity index (χ2v) is 7.78. The smallest absolute Gasteiger partial charge is 0.269 e. The summed E-state index contributed by atoms with van der Waals surface area (Å²) < 4.78 is 11.2. The number of carbonyl (C=O) groups is 3. The van der Waals surface area contributed by atoms with Crippen molar-refractivity contribution in [2.75, 3.05) is 18.5 Å². The van der Waals surface area contributed by atoms with Gasteiger partial charge in [0.15, 0.2) is 5.11 Å². The fourth-order valence-corrected chi connectivity index (χ4v) is 3.03. The number of hydrazine groups is 1. The number of amides is 3. The highest BCUT2D eigenvalue weighted by molar-refractivity contribution is 7.80. The van der Waals surface area contributed by atoms with Gasteiger partial charge < -0.3 is 14.8 Å². The van der Waals surface area contributed by atoms with Crippen LogP contribution in [0.15, 0.2) is 78.9 Å². The molecule has 0 radical (unpaired) electrons. The number of ether oxygens (including phenoxy) is 2. The van der Waals surface area contributed by atoms with E-state index in [2.05, 4.69) is 21.5 Å². The monoisotopic (exact) mass is 506 g/mol. The predicted octanol–water partition coefficient (Wildman–Crippen LogP) is 3.44. The Bertz CT molecular complexity index is 1190. The molecule has 4 N–H and O–H groups in total. The van der Waals surface area contributed by atoms with E-state index in [0.29, 0.717) is 42.2 Å². The minimum Gasteiger partial charge on any atom is -0.490 e. The van der Waals surface area contributed by atoms with Crippen LogP contribution in [-0.2, 0) is 4.79 Å². The summed E-state index contributed by atoms with van der Waals surface area (Å²) in [6.07, 6.45) is 0.359. The largest absolute Gasteiger partial charge is 0.490 e. The third-order valence-corrected chi connectivity index (χ3v) is 4.95. The topological polar surface area (TPSA) is 118 Å². The molecule has 3 aromatic rings. The third-order valence-electron chi connectivity index (χ3n) is 4.75. The van der Waals surface area contributed by atoms with Crippen molar-refractivity contribution in [3.63, 3.8) is 0 Å². The zero-order chi connectivity index (χ0) is 25.8. The van der Waals surface area contributed by atoms with Gasteiger partial charge in [0.2, 0.25) is 5.91 Å². The molecule has 186 valence electrons. The van der Waals surface area contributed by atoms with Crippen molar-refractivity contribution >= 4 is 40.7 Å². The Labute approximate surface area is 214 Å². The maximum atomic E-state index is 12.4. The van der Waals surface area contributed by atoms with E-state index in [1.165, 1.54) is 0 Å². The summed E-state index contributed by atoms with van der Waals surface area (Å²) >= 11 is 5.07. The highest BCUT2D eigenvalue weighted by Gasteiger charge is 2.10. The van der Waals surface area contributed by atoms with Gasteiger partial charge >= 0.3 is 0 Å². The Morgan fingerprint density at radius 3 is 1.89 bits per heavy atom. The Morgan fingerprint density at radius 2 is 1.28 bits per heavy atom. The molecule has 0 unspecified atom stereocenters. The average molecular weight is 507 g/mol. The number of hydrogen-bond acceptors (Lipinski definition) is 6. The molecule has 0 aromatic heterocycles. The first kappa shape index (κ1) is 26.2. The van der Waals surface area contributed by atoms with Crippen molar-refractivity contribution in [2.45, 2.75) is 13.3 Å². The van der Waals surface area contributed by atoms with Gasteiger partial charge in [0.25, 0.3) is 11.8 Å². The first-order chi connectivity index (χ1) is 17.4. The van der Waals surface area contributed by atoms with Crippen molar-refractivity contribution in [1.29, 1.82) is 0 Å². The molecule has 0 atom stereocenters. The van der Waals surface area contributed by atoms with Crippen LogP contribution in [0.5, 0.6) is 11.5 Å². The molecule has 3 rings (SSSR count). The molecule has 0 aliphatic rings. The van der Waals surface area contributed by atoms with Gasteiger partial charge in [-0.3, -0.25) is 30.6 Å². The van der Waals surface area contributed by atoms with Crippen LogP contribution >= 0.6 is 12.2 Å². The van der Waals surface area contributed by atoms with Gasteiger partial charge in [-0.2, -0.15) is 0 Å². The highest BCUT2D eigenvalue weighted by Crippen LogP contribution is 2.13. The van der Waals surface area contributed by atoms with Crippen LogP contribution in [0.3, 0.4) is 0 Å². The molecule has 10 heteroatoms. The molecular formula is C26H26N4O5S. The van der Waals surface area contributed by atoms with Gasteiger partial charge in [0.05, 0.1) is 0 Å². The van der Waals surface area contributed by atoms with Gasteiger partial charge in [-0.05, 0) is 72.9 Å². The number of thiocarbonyl (C=S) groups is 1. The number of anilines is 1. The highest BCUT2D eigenvalue weighted by atomic mass is 32.1. The Kier molecular flexibility index (Phi) is 9.78. The van der Waals surface area contributed by atoms with Gasteiger partial charge in [-0.15, -0.1) is 0 Å².